The van der Waals surface area contributed by atoms with Gasteiger partial charge in [-0.2, -0.15) is 0 Å². The summed E-state index contributed by atoms with van der Waals surface area (Å²) in [6, 6.07) is 12.2. The second-order valence-corrected chi connectivity index (χ2v) is 4.32. The molecule has 0 aromatic heterocycles. The van der Waals surface area contributed by atoms with E-state index in [9.17, 15) is 9.59 Å². The lowest BCUT2D eigenvalue weighted by Gasteiger charge is -2.11. The first-order valence-electron chi connectivity index (χ1n) is 6.11. The summed E-state index contributed by atoms with van der Waals surface area (Å²) in [6.07, 6.45) is 0. The third-order valence-electron chi connectivity index (χ3n) is 2.91. The normalized spacial score (nSPS) is 9.90. The molecule has 0 aliphatic heterocycles. The first-order chi connectivity index (χ1) is 9.63. The van der Waals surface area contributed by atoms with E-state index in [4.69, 9.17) is 9.47 Å². The first-order valence-corrected chi connectivity index (χ1v) is 6.11. The molecule has 0 heterocycles. The Morgan fingerprint density at radius 3 is 2.30 bits per heavy atom. The lowest BCUT2D eigenvalue weighted by atomic mass is 10.1. The van der Waals surface area contributed by atoms with Crippen LogP contribution in [0.15, 0.2) is 42.5 Å². The minimum atomic E-state index is -0.547. The maximum absolute atomic E-state index is 12.3. The molecule has 2 aromatic carbocycles. The van der Waals surface area contributed by atoms with E-state index in [2.05, 4.69) is 0 Å². The van der Waals surface area contributed by atoms with Crippen molar-refractivity contribution in [2.24, 2.45) is 0 Å². The van der Waals surface area contributed by atoms with Crippen LogP contribution in [0.5, 0.6) is 11.5 Å². The van der Waals surface area contributed by atoms with Crippen molar-refractivity contribution in [2.45, 2.75) is 13.8 Å². The predicted octanol–water partition coefficient (Wildman–Crippen LogP) is 3.06. The Morgan fingerprint density at radius 2 is 1.60 bits per heavy atom. The summed E-state index contributed by atoms with van der Waals surface area (Å²) >= 11 is 0. The van der Waals surface area contributed by atoms with Gasteiger partial charge in [0.25, 0.3) is 6.47 Å². The SMILES string of the molecule is Cc1ccccc1OC(=O)c1c(C)cccc1OC=O. The van der Waals surface area contributed by atoms with Gasteiger partial charge in [0, 0.05) is 0 Å². The minimum absolute atomic E-state index is 0.193. The van der Waals surface area contributed by atoms with Crippen molar-refractivity contribution < 1.29 is 19.1 Å². The van der Waals surface area contributed by atoms with Gasteiger partial charge in [0.05, 0.1) is 0 Å². The molecule has 0 amide bonds. The van der Waals surface area contributed by atoms with E-state index < -0.39 is 5.97 Å². The second-order valence-electron chi connectivity index (χ2n) is 4.32. The number of esters is 1. The van der Waals surface area contributed by atoms with Crippen LogP contribution in [0, 0.1) is 13.8 Å². The molecule has 0 unspecified atom stereocenters. The highest BCUT2D eigenvalue weighted by molar-refractivity contribution is 5.96. The van der Waals surface area contributed by atoms with Crippen LogP contribution < -0.4 is 9.47 Å². The van der Waals surface area contributed by atoms with Gasteiger partial charge in [-0.25, -0.2) is 4.79 Å². The quantitative estimate of drug-likeness (QED) is 0.487. The van der Waals surface area contributed by atoms with Crippen LogP contribution in [-0.2, 0) is 4.79 Å². The monoisotopic (exact) mass is 270 g/mol. The number of para-hydroxylation sites is 1. The summed E-state index contributed by atoms with van der Waals surface area (Å²) in [7, 11) is 0. The van der Waals surface area contributed by atoms with E-state index in [1.807, 2.05) is 19.1 Å². The molecule has 0 saturated carbocycles. The van der Waals surface area contributed by atoms with Crippen molar-refractivity contribution in [2.75, 3.05) is 0 Å². The molecule has 2 aromatic rings. The maximum Gasteiger partial charge on any atom is 0.347 e. The summed E-state index contributed by atoms with van der Waals surface area (Å²) in [4.78, 5) is 22.8. The van der Waals surface area contributed by atoms with Gasteiger partial charge in [0.1, 0.15) is 17.1 Å². The van der Waals surface area contributed by atoms with E-state index in [1.54, 1.807) is 37.3 Å². The number of ether oxygens (including phenoxy) is 2. The summed E-state index contributed by atoms with van der Waals surface area (Å²) < 4.78 is 10.2. The summed E-state index contributed by atoms with van der Waals surface area (Å²) in [5, 5.41) is 0. The predicted molar refractivity (Wildman–Crippen MR) is 74.0 cm³/mol. The van der Waals surface area contributed by atoms with E-state index in [1.165, 1.54) is 0 Å². The fourth-order valence-electron chi connectivity index (χ4n) is 1.87. The molecule has 20 heavy (non-hydrogen) atoms. The zero-order valence-corrected chi connectivity index (χ0v) is 11.3. The Morgan fingerprint density at radius 1 is 0.950 bits per heavy atom. The Bertz CT molecular complexity index is 647. The van der Waals surface area contributed by atoms with Crippen molar-refractivity contribution in [3.63, 3.8) is 0 Å². The van der Waals surface area contributed by atoms with E-state index in [0.717, 1.165) is 5.56 Å². The Labute approximate surface area is 116 Å². The Kier molecular flexibility index (Phi) is 4.15. The standard InChI is InChI=1S/C16H14O4/c1-11-6-3-4-8-13(11)20-16(18)15-12(2)7-5-9-14(15)19-10-17/h3-10H,1-2H3. The number of rotatable bonds is 4. The number of aryl methyl sites for hydroxylation is 2. The van der Waals surface area contributed by atoms with Gasteiger partial charge in [-0.15, -0.1) is 0 Å². The summed E-state index contributed by atoms with van der Waals surface area (Å²) in [6.45, 7) is 3.90. The molecule has 4 heteroatoms. The largest absolute Gasteiger partial charge is 0.428 e. The maximum atomic E-state index is 12.3. The lowest BCUT2D eigenvalue weighted by Crippen LogP contribution is -2.13. The molecular formula is C16H14O4. The average molecular weight is 270 g/mol. The number of carbonyl (C=O) groups excluding carboxylic acids is 2. The molecule has 0 aliphatic carbocycles. The highest BCUT2D eigenvalue weighted by Crippen LogP contribution is 2.25. The van der Waals surface area contributed by atoms with Crippen LogP contribution in [-0.4, -0.2) is 12.4 Å². The summed E-state index contributed by atoms with van der Waals surface area (Å²) in [5.74, 6) is 0.130. The smallest absolute Gasteiger partial charge is 0.347 e. The molecular weight excluding hydrogens is 256 g/mol. The van der Waals surface area contributed by atoms with Gasteiger partial charge in [-0.3, -0.25) is 4.79 Å². The highest BCUT2D eigenvalue weighted by atomic mass is 16.5. The van der Waals surface area contributed by atoms with Crippen LogP contribution >= 0.6 is 0 Å². The molecule has 0 fully saturated rings. The first kappa shape index (κ1) is 13.8. The Hall–Kier alpha value is -2.62. The number of carbonyl (C=O) groups is 2. The second kappa shape index (κ2) is 6.02. The molecule has 0 aliphatic rings. The molecule has 102 valence electrons. The average Bonchev–Trinajstić information content (AvgIpc) is 2.42. The number of benzene rings is 2. The fourth-order valence-corrected chi connectivity index (χ4v) is 1.87. The van der Waals surface area contributed by atoms with Crippen molar-refractivity contribution >= 4 is 12.4 Å². The van der Waals surface area contributed by atoms with E-state index in [-0.39, 0.29) is 11.3 Å². The van der Waals surface area contributed by atoms with Gasteiger partial charge in [-0.1, -0.05) is 30.3 Å². The molecule has 0 spiro atoms. The van der Waals surface area contributed by atoms with Gasteiger partial charge in [-0.05, 0) is 37.1 Å². The molecule has 0 bridgehead atoms. The molecule has 4 nitrogen and oxygen atoms in total. The van der Waals surface area contributed by atoms with Crippen molar-refractivity contribution in [1.29, 1.82) is 0 Å². The van der Waals surface area contributed by atoms with Crippen molar-refractivity contribution in [3.8, 4) is 11.5 Å². The van der Waals surface area contributed by atoms with Crippen LogP contribution in [0.1, 0.15) is 21.5 Å². The topological polar surface area (TPSA) is 52.6 Å². The van der Waals surface area contributed by atoms with Gasteiger partial charge >= 0.3 is 5.97 Å². The van der Waals surface area contributed by atoms with Crippen LogP contribution in [0.25, 0.3) is 0 Å². The zero-order valence-electron chi connectivity index (χ0n) is 11.3. The number of hydrogen-bond acceptors (Lipinski definition) is 4. The van der Waals surface area contributed by atoms with Gasteiger partial charge in [0.15, 0.2) is 0 Å². The van der Waals surface area contributed by atoms with Crippen LogP contribution in [0.4, 0.5) is 0 Å². The number of hydrogen-bond donors (Lipinski definition) is 0. The fraction of sp³-hybridized carbons (Fsp3) is 0.125. The van der Waals surface area contributed by atoms with E-state index in [0.29, 0.717) is 17.8 Å². The zero-order chi connectivity index (χ0) is 14.5. The summed E-state index contributed by atoms with van der Waals surface area (Å²) in [5.41, 5.74) is 1.79. The molecule has 0 atom stereocenters. The molecule has 0 saturated heterocycles. The van der Waals surface area contributed by atoms with Gasteiger partial charge < -0.3 is 9.47 Å². The molecule has 2 rings (SSSR count). The third-order valence-corrected chi connectivity index (χ3v) is 2.91. The third kappa shape index (κ3) is 2.85. The van der Waals surface area contributed by atoms with Crippen LogP contribution in [0.2, 0.25) is 0 Å². The van der Waals surface area contributed by atoms with E-state index >= 15 is 0 Å². The molecule has 0 N–H and O–H groups in total. The van der Waals surface area contributed by atoms with Crippen molar-refractivity contribution in [3.05, 3.63) is 59.2 Å². The lowest BCUT2D eigenvalue weighted by molar-refractivity contribution is -0.120. The Balaban J connectivity index is 2.34. The molecule has 0 radical (unpaired) electrons. The van der Waals surface area contributed by atoms with Gasteiger partial charge in [0.2, 0.25) is 0 Å². The van der Waals surface area contributed by atoms with Crippen molar-refractivity contribution in [1.82, 2.24) is 0 Å². The van der Waals surface area contributed by atoms with Crippen LogP contribution in [0.3, 0.4) is 0 Å². The highest BCUT2D eigenvalue weighted by Gasteiger charge is 2.18. The minimum Gasteiger partial charge on any atom is -0.428 e.